The van der Waals surface area contributed by atoms with Crippen molar-refractivity contribution in [3.8, 4) is 22.6 Å². The lowest BCUT2D eigenvalue weighted by Crippen LogP contribution is -2.32. The molecule has 0 aliphatic carbocycles. The van der Waals surface area contributed by atoms with E-state index in [9.17, 15) is 14.7 Å². The molecule has 2 aromatic rings. The monoisotopic (exact) mass is 386 g/mol. The summed E-state index contributed by atoms with van der Waals surface area (Å²) in [5.74, 6) is -0.251. The van der Waals surface area contributed by atoms with Gasteiger partial charge in [0.25, 0.3) is 5.91 Å². The van der Waals surface area contributed by atoms with Gasteiger partial charge >= 0.3 is 5.97 Å². The fourth-order valence-electron chi connectivity index (χ4n) is 2.86. The number of benzene rings is 2. The van der Waals surface area contributed by atoms with Crippen molar-refractivity contribution < 1.29 is 24.2 Å². The van der Waals surface area contributed by atoms with Gasteiger partial charge in [0.15, 0.2) is 0 Å². The van der Waals surface area contributed by atoms with Crippen LogP contribution in [0.1, 0.15) is 26.3 Å². The van der Waals surface area contributed by atoms with Crippen LogP contribution in [0.25, 0.3) is 11.1 Å². The number of likely N-dealkylation sites (N-methyl/N-ethyl adjacent to an activating group) is 1. The van der Waals surface area contributed by atoms with Crippen molar-refractivity contribution in [2.45, 2.75) is 6.92 Å². The van der Waals surface area contributed by atoms with Gasteiger partial charge in [0.2, 0.25) is 0 Å². The Morgan fingerprint density at radius 2 is 1.75 bits per heavy atom. The number of carboxylic acid groups (broad SMARTS) is 1. The molecule has 0 aliphatic heterocycles. The normalized spacial score (nSPS) is 10.6. The Hall–Kier alpha value is -3.06. The predicted octanol–water partition coefficient (Wildman–Crippen LogP) is 2.67. The summed E-state index contributed by atoms with van der Waals surface area (Å²) in [5.41, 5.74) is 2.02. The van der Waals surface area contributed by atoms with E-state index in [2.05, 4.69) is 5.32 Å². The number of hydrogen-bond donors (Lipinski definition) is 2. The fraction of sp³-hybridized carbons (Fsp3) is 0.333. The van der Waals surface area contributed by atoms with Crippen LogP contribution in [-0.4, -0.2) is 63.3 Å². The molecule has 7 heteroatoms. The second-order valence-electron chi connectivity index (χ2n) is 6.63. The molecule has 7 nitrogen and oxygen atoms in total. The molecule has 28 heavy (non-hydrogen) atoms. The van der Waals surface area contributed by atoms with Crippen LogP contribution in [0.3, 0.4) is 0 Å². The first-order valence-corrected chi connectivity index (χ1v) is 8.81. The summed E-state index contributed by atoms with van der Waals surface area (Å²) in [5, 5.41) is 12.5. The van der Waals surface area contributed by atoms with Gasteiger partial charge in [-0.2, -0.15) is 0 Å². The van der Waals surface area contributed by atoms with Crippen molar-refractivity contribution >= 4 is 11.9 Å². The molecule has 0 aromatic heterocycles. The molecule has 0 saturated carbocycles. The van der Waals surface area contributed by atoms with E-state index in [0.717, 1.165) is 0 Å². The molecule has 2 rings (SSSR count). The number of rotatable bonds is 8. The highest BCUT2D eigenvalue weighted by Crippen LogP contribution is 2.35. The van der Waals surface area contributed by atoms with E-state index in [1.807, 2.05) is 19.0 Å². The lowest BCUT2D eigenvalue weighted by Gasteiger charge is -2.16. The summed E-state index contributed by atoms with van der Waals surface area (Å²) in [6, 6.07) is 8.48. The molecule has 0 fully saturated rings. The molecule has 1 amide bonds. The number of amides is 1. The van der Waals surface area contributed by atoms with E-state index in [1.54, 1.807) is 44.4 Å². The van der Waals surface area contributed by atoms with Crippen molar-refractivity contribution in [1.29, 1.82) is 0 Å². The summed E-state index contributed by atoms with van der Waals surface area (Å²) in [6.07, 6.45) is 0. The highest BCUT2D eigenvalue weighted by Gasteiger charge is 2.20. The van der Waals surface area contributed by atoms with Crippen LogP contribution in [-0.2, 0) is 0 Å². The van der Waals surface area contributed by atoms with Gasteiger partial charge in [0, 0.05) is 24.2 Å². The molecule has 0 aliphatic rings. The summed E-state index contributed by atoms with van der Waals surface area (Å²) in [6.45, 7) is 2.78. The van der Waals surface area contributed by atoms with Crippen molar-refractivity contribution in [2.75, 3.05) is 41.4 Å². The highest BCUT2D eigenvalue weighted by atomic mass is 16.5. The molecule has 2 N–H and O–H groups in total. The quantitative estimate of drug-likeness (QED) is 0.725. The zero-order valence-electron chi connectivity index (χ0n) is 16.8. The Morgan fingerprint density at radius 3 is 2.32 bits per heavy atom. The lowest BCUT2D eigenvalue weighted by atomic mass is 9.94. The second kappa shape index (κ2) is 9.23. The molecule has 0 unspecified atom stereocenters. The first-order chi connectivity index (χ1) is 13.3. The van der Waals surface area contributed by atoms with Gasteiger partial charge in [-0.15, -0.1) is 0 Å². The van der Waals surface area contributed by atoms with Gasteiger partial charge in [-0.25, -0.2) is 4.79 Å². The number of methoxy groups -OCH3 is 2. The van der Waals surface area contributed by atoms with Gasteiger partial charge in [-0.1, -0.05) is 0 Å². The maximum Gasteiger partial charge on any atom is 0.335 e. The number of carboxylic acids is 1. The average Bonchev–Trinajstić information content (AvgIpc) is 2.66. The number of hydrogen-bond acceptors (Lipinski definition) is 5. The lowest BCUT2D eigenvalue weighted by molar-refractivity contribution is 0.0696. The third-order valence-electron chi connectivity index (χ3n) is 4.44. The van der Waals surface area contributed by atoms with Crippen LogP contribution in [0.4, 0.5) is 0 Å². The highest BCUT2D eigenvalue weighted by molar-refractivity contribution is 6.02. The van der Waals surface area contributed by atoms with Gasteiger partial charge in [-0.05, 0) is 62.5 Å². The number of aromatic carboxylic acids is 1. The summed E-state index contributed by atoms with van der Waals surface area (Å²) < 4.78 is 10.7. The molecule has 0 spiro atoms. The molecule has 0 atom stereocenters. The standard InChI is InChI=1S/C21H26N2O5/c1-13-16(20(24)22-8-9-23(2)3)10-14(11-17(13)21(25)26)18-12-15(27-4)6-7-19(18)28-5/h6-7,10-12H,8-9H2,1-5H3,(H,22,24)(H,25,26). The number of ether oxygens (including phenoxy) is 2. The van der Waals surface area contributed by atoms with Gasteiger partial charge in [-0.3, -0.25) is 4.79 Å². The van der Waals surface area contributed by atoms with Crippen molar-refractivity contribution in [3.63, 3.8) is 0 Å². The van der Waals surface area contributed by atoms with Crippen LogP contribution in [0.2, 0.25) is 0 Å². The SMILES string of the molecule is COc1ccc(OC)c(-c2cc(C(=O)O)c(C)c(C(=O)NCCN(C)C)c2)c1. The Bertz CT molecular complexity index is 877. The van der Waals surface area contributed by atoms with E-state index in [0.29, 0.717) is 46.8 Å². The smallest absolute Gasteiger partial charge is 0.335 e. The minimum atomic E-state index is -1.09. The van der Waals surface area contributed by atoms with Crippen molar-refractivity contribution in [2.24, 2.45) is 0 Å². The maximum atomic E-state index is 12.7. The van der Waals surface area contributed by atoms with Crippen LogP contribution in [0, 0.1) is 6.92 Å². The Balaban J connectivity index is 2.56. The van der Waals surface area contributed by atoms with E-state index >= 15 is 0 Å². The molecular formula is C21H26N2O5. The average molecular weight is 386 g/mol. The van der Waals surface area contributed by atoms with E-state index in [-0.39, 0.29) is 11.5 Å². The third kappa shape index (κ3) is 4.80. The summed E-state index contributed by atoms with van der Waals surface area (Å²) in [4.78, 5) is 26.4. The summed E-state index contributed by atoms with van der Waals surface area (Å²) in [7, 11) is 6.91. The van der Waals surface area contributed by atoms with Crippen LogP contribution < -0.4 is 14.8 Å². The zero-order valence-corrected chi connectivity index (χ0v) is 16.8. The number of carbonyl (C=O) groups excluding carboxylic acids is 1. The zero-order chi connectivity index (χ0) is 20.8. The number of carbonyl (C=O) groups is 2. The van der Waals surface area contributed by atoms with Crippen molar-refractivity contribution in [1.82, 2.24) is 10.2 Å². The molecule has 0 radical (unpaired) electrons. The first kappa shape index (κ1) is 21.2. The Morgan fingerprint density at radius 1 is 1.07 bits per heavy atom. The topological polar surface area (TPSA) is 88.1 Å². The first-order valence-electron chi connectivity index (χ1n) is 8.81. The van der Waals surface area contributed by atoms with Crippen LogP contribution in [0.15, 0.2) is 30.3 Å². The molecule has 2 aromatic carbocycles. The largest absolute Gasteiger partial charge is 0.497 e. The van der Waals surface area contributed by atoms with Gasteiger partial charge < -0.3 is 24.8 Å². The van der Waals surface area contributed by atoms with Crippen LogP contribution >= 0.6 is 0 Å². The molecule has 0 bridgehead atoms. The predicted molar refractivity (Wildman–Crippen MR) is 108 cm³/mol. The van der Waals surface area contributed by atoms with Crippen LogP contribution in [0.5, 0.6) is 11.5 Å². The molecule has 0 heterocycles. The minimum Gasteiger partial charge on any atom is -0.497 e. The Kier molecular flexibility index (Phi) is 7.00. The van der Waals surface area contributed by atoms with Gasteiger partial charge in [0.05, 0.1) is 19.8 Å². The molecule has 0 saturated heterocycles. The minimum absolute atomic E-state index is 0.0696. The third-order valence-corrected chi connectivity index (χ3v) is 4.44. The Labute approximate surface area is 164 Å². The van der Waals surface area contributed by atoms with Crippen molar-refractivity contribution in [3.05, 3.63) is 47.0 Å². The molecule has 150 valence electrons. The fourth-order valence-corrected chi connectivity index (χ4v) is 2.86. The van der Waals surface area contributed by atoms with E-state index in [1.165, 1.54) is 7.11 Å². The number of nitrogens with one attached hydrogen (secondary N) is 1. The molecular weight excluding hydrogens is 360 g/mol. The second-order valence-corrected chi connectivity index (χ2v) is 6.63. The van der Waals surface area contributed by atoms with E-state index in [4.69, 9.17) is 9.47 Å². The summed E-state index contributed by atoms with van der Waals surface area (Å²) >= 11 is 0. The van der Waals surface area contributed by atoms with Gasteiger partial charge in [0.1, 0.15) is 11.5 Å². The van der Waals surface area contributed by atoms with E-state index < -0.39 is 5.97 Å². The maximum absolute atomic E-state index is 12.7. The number of nitrogens with zero attached hydrogens (tertiary/aromatic N) is 1.